The SMILES string of the molecule is Cc1cc2oc3ccc(Br)cc3c2cc1Br. The molecule has 0 aliphatic carbocycles. The Balaban J connectivity index is 2.53. The third-order valence-corrected chi connectivity index (χ3v) is 4.06. The van der Waals surface area contributed by atoms with Gasteiger partial charge in [-0.2, -0.15) is 0 Å². The molecular weight excluding hydrogens is 332 g/mol. The molecule has 0 radical (unpaired) electrons. The lowest BCUT2D eigenvalue weighted by Gasteiger charge is -1.96. The maximum absolute atomic E-state index is 5.80. The monoisotopic (exact) mass is 338 g/mol. The molecule has 1 heterocycles. The normalized spacial score (nSPS) is 11.4. The van der Waals surface area contributed by atoms with Crippen molar-refractivity contribution in [1.82, 2.24) is 0 Å². The number of halogens is 2. The number of hydrogen-bond acceptors (Lipinski definition) is 1. The number of furan rings is 1. The summed E-state index contributed by atoms with van der Waals surface area (Å²) in [6, 6.07) is 10.2. The van der Waals surface area contributed by atoms with Gasteiger partial charge in [-0.1, -0.05) is 31.9 Å². The molecule has 1 aromatic heterocycles. The lowest BCUT2D eigenvalue weighted by Crippen LogP contribution is -1.74. The fourth-order valence-electron chi connectivity index (χ4n) is 1.87. The first-order chi connectivity index (χ1) is 7.65. The van der Waals surface area contributed by atoms with E-state index >= 15 is 0 Å². The van der Waals surface area contributed by atoms with Crippen molar-refractivity contribution >= 4 is 53.8 Å². The van der Waals surface area contributed by atoms with Crippen molar-refractivity contribution in [3.05, 3.63) is 44.8 Å². The highest BCUT2D eigenvalue weighted by molar-refractivity contribution is 9.10. The fourth-order valence-corrected chi connectivity index (χ4v) is 2.57. The third kappa shape index (κ3) is 1.50. The van der Waals surface area contributed by atoms with Gasteiger partial charge in [0.05, 0.1) is 0 Å². The van der Waals surface area contributed by atoms with E-state index in [4.69, 9.17) is 4.42 Å². The zero-order valence-corrected chi connectivity index (χ0v) is 11.7. The van der Waals surface area contributed by atoms with E-state index in [1.807, 2.05) is 12.1 Å². The van der Waals surface area contributed by atoms with Crippen molar-refractivity contribution in [2.45, 2.75) is 6.92 Å². The van der Waals surface area contributed by atoms with E-state index in [0.29, 0.717) is 0 Å². The molecular formula is C13H8Br2O. The second-order valence-electron chi connectivity index (χ2n) is 3.84. The van der Waals surface area contributed by atoms with Gasteiger partial charge in [-0.3, -0.25) is 0 Å². The molecule has 16 heavy (non-hydrogen) atoms. The Morgan fingerprint density at radius 1 is 0.938 bits per heavy atom. The molecule has 80 valence electrons. The lowest BCUT2D eigenvalue weighted by atomic mass is 10.1. The Hall–Kier alpha value is -0.800. The largest absolute Gasteiger partial charge is 0.456 e. The average Bonchev–Trinajstić information content (AvgIpc) is 2.57. The summed E-state index contributed by atoms with van der Waals surface area (Å²) in [7, 11) is 0. The molecule has 3 rings (SSSR count). The molecule has 3 heteroatoms. The number of hydrogen-bond donors (Lipinski definition) is 0. The summed E-state index contributed by atoms with van der Waals surface area (Å²) in [4.78, 5) is 0. The molecule has 0 unspecified atom stereocenters. The molecule has 0 aliphatic heterocycles. The Morgan fingerprint density at radius 2 is 1.69 bits per heavy atom. The van der Waals surface area contributed by atoms with Gasteiger partial charge < -0.3 is 4.42 Å². The van der Waals surface area contributed by atoms with Crippen LogP contribution in [0.4, 0.5) is 0 Å². The van der Waals surface area contributed by atoms with Crippen LogP contribution >= 0.6 is 31.9 Å². The van der Waals surface area contributed by atoms with Crippen LogP contribution in [0.15, 0.2) is 43.7 Å². The average molecular weight is 340 g/mol. The Kier molecular flexibility index (Phi) is 2.33. The van der Waals surface area contributed by atoms with Gasteiger partial charge in [0.2, 0.25) is 0 Å². The van der Waals surface area contributed by atoms with Crippen molar-refractivity contribution in [3.63, 3.8) is 0 Å². The van der Waals surface area contributed by atoms with Crippen LogP contribution in [-0.2, 0) is 0 Å². The molecule has 0 fully saturated rings. The van der Waals surface area contributed by atoms with Gasteiger partial charge in [-0.05, 0) is 42.8 Å². The van der Waals surface area contributed by atoms with Crippen molar-refractivity contribution in [3.8, 4) is 0 Å². The molecule has 0 spiro atoms. The van der Waals surface area contributed by atoms with Crippen molar-refractivity contribution in [2.24, 2.45) is 0 Å². The first-order valence-corrected chi connectivity index (χ1v) is 6.51. The first-order valence-electron chi connectivity index (χ1n) is 4.93. The number of benzene rings is 2. The van der Waals surface area contributed by atoms with E-state index in [1.54, 1.807) is 0 Å². The molecule has 0 aliphatic rings. The summed E-state index contributed by atoms with van der Waals surface area (Å²) >= 11 is 7.03. The summed E-state index contributed by atoms with van der Waals surface area (Å²) in [5, 5.41) is 2.29. The highest BCUT2D eigenvalue weighted by atomic mass is 79.9. The Bertz CT molecular complexity index is 698. The maximum atomic E-state index is 5.80. The minimum Gasteiger partial charge on any atom is -0.456 e. The number of rotatable bonds is 0. The van der Waals surface area contributed by atoms with Crippen molar-refractivity contribution < 1.29 is 4.42 Å². The zero-order chi connectivity index (χ0) is 11.3. The smallest absolute Gasteiger partial charge is 0.135 e. The second-order valence-corrected chi connectivity index (χ2v) is 5.61. The summed E-state index contributed by atoms with van der Waals surface area (Å²) < 4.78 is 7.98. The minimum absolute atomic E-state index is 0.927. The van der Waals surface area contributed by atoms with E-state index < -0.39 is 0 Å². The standard InChI is InChI=1S/C13H8Br2O/c1-7-4-13-10(6-11(7)15)9-5-8(14)2-3-12(9)16-13/h2-6H,1H3. The third-order valence-electron chi connectivity index (χ3n) is 2.71. The molecule has 0 saturated heterocycles. The highest BCUT2D eigenvalue weighted by Crippen LogP contribution is 2.33. The fraction of sp³-hybridized carbons (Fsp3) is 0.0769. The van der Waals surface area contributed by atoms with Gasteiger partial charge in [0.15, 0.2) is 0 Å². The van der Waals surface area contributed by atoms with Crippen LogP contribution < -0.4 is 0 Å². The van der Waals surface area contributed by atoms with Crippen LogP contribution in [0.25, 0.3) is 21.9 Å². The molecule has 0 N–H and O–H groups in total. The van der Waals surface area contributed by atoms with Gasteiger partial charge in [0.1, 0.15) is 11.2 Å². The molecule has 0 amide bonds. The predicted molar refractivity (Wildman–Crippen MR) is 73.9 cm³/mol. The van der Waals surface area contributed by atoms with Crippen molar-refractivity contribution in [1.29, 1.82) is 0 Å². The highest BCUT2D eigenvalue weighted by Gasteiger charge is 2.08. The summed E-state index contributed by atoms with van der Waals surface area (Å²) in [5.74, 6) is 0. The summed E-state index contributed by atoms with van der Waals surface area (Å²) in [6.07, 6.45) is 0. The van der Waals surface area contributed by atoms with Crippen LogP contribution in [0, 0.1) is 6.92 Å². The van der Waals surface area contributed by atoms with Crippen LogP contribution in [0.1, 0.15) is 5.56 Å². The number of fused-ring (bicyclic) bond motifs is 3. The van der Waals surface area contributed by atoms with Crippen LogP contribution in [0.3, 0.4) is 0 Å². The van der Waals surface area contributed by atoms with Gasteiger partial charge in [0.25, 0.3) is 0 Å². The van der Waals surface area contributed by atoms with Crippen LogP contribution in [-0.4, -0.2) is 0 Å². The summed E-state index contributed by atoms with van der Waals surface area (Å²) in [6.45, 7) is 2.06. The molecule has 0 saturated carbocycles. The van der Waals surface area contributed by atoms with Crippen LogP contribution in [0.5, 0.6) is 0 Å². The van der Waals surface area contributed by atoms with Gasteiger partial charge in [0, 0.05) is 19.7 Å². The van der Waals surface area contributed by atoms with E-state index in [-0.39, 0.29) is 0 Å². The second kappa shape index (κ2) is 3.60. The van der Waals surface area contributed by atoms with Gasteiger partial charge in [-0.25, -0.2) is 0 Å². The van der Waals surface area contributed by atoms with E-state index in [1.165, 1.54) is 5.56 Å². The van der Waals surface area contributed by atoms with E-state index in [0.717, 1.165) is 30.9 Å². The molecule has 0 atom stereocenters. The van der Waals surface area contributed by atoms with E-state index in [9.17, 15) is 0 Å². The molecule has 0 bridgehead atoms. The number of aryl methyl sites for hydroxylation is 1. The zero-order valence-electron chi connectivity index (χ0n) is 8.55. The quantitative estimate of drug-likeness (QED) is 0.533. The maximum Gasteiger partial charge on any atom is 0.135 e. The molecule has 2 aromatic carbocycles. The summed E-state index contributed by atoms with van der Waals surface area (Å²) in [5.41, 5.74) is 3.05. The van der Waals surface area contributed by atoms with Crippen molar-refractivity contribution in [2.75, 3.05) is 0 Å². The van der Waals surface area contributed by atoms with E-state index in [2.05, 4.69) is 57.0 Å². The first kappa shape index (κ1) is 10.4. The van der Waals surface area contributed by atoms with Crippen LogP contribution in [0.2, 0.25) is 0 Å². The molecule has 3 aromatic rings. The van der Waals surface area contributed by atoms with Gasteiger partial charge >= 0.3 is 0 Å². The lowest BCUT2D eigenvalue weighted by molar-refractivity contribution is 0.668. The predicted octanol–water partition coefficient (Wildman–Crippen LogP) is 5.42. The Morgan fingerprint density at radius 3 is 2.50 bits per heavy atom. The topological polar surface area (TPSA) is 13.1 Å². The Labute approximate surface area is 110 Å². The minimum atomic E-state index is 0.927. The van der Waals surface area contributed by atoms with Gasteiger partial charge in [-0.15, -0.1) is 0 Å². The molecule has 1 nitrogen and oxygen atoms in total.